The smallest absolute Gasteiger partial charge is 0.328 e. The van der Waals surface area contributed by atoms with Gasteiger partial charge < -0.3 is 26.2 Å². The summed E-state index contributed by atoms with van der Waals surface area (Å²) in [7, 11) is 0. The number of phenolic OH excluding ortho intramolecular Hbond substituents is 1. The maximum absolute atomic E-state index is 9.55. The van der Waals surface area contributed by atoms with Gasteiger partial charge in [0.2, 0.25) is 0 Å². The predicted molar refractivity (Wildman–Crippen MR) is 71.1 cm³/mol. The lowest BCUT2D eigenvalue weighted by molar-refractivity contribution is -0.134. The largest absolute Gasteiger partial charge is 0.508 e. The number of carboxylic acids is 2. The summed E-state index contributed by atoms with van der Waals surface area (Å²) >= 11 is 0. The molecular weight excluding hydrogens is 266 g/mol. The van der Waals surface area contributed by atoms with Crippen molar-refractivity contribution in [3.63, 3.8) is 0 Å². The highest BCUT2D eigenvalue weighted by molar-refractivity contribution is 5.89. The third kappa shape index (κ3) is 7.85. The molecule has 0 aliphatic heterocycles. The molecule has 1 aromatic rings. The van der Waals surface area contributed by atoms with Crippen molar-refractivity contribution in [3.05, 3.63) is 42.0 Å². The van der Waals surface area contributed by atoms with Crippen LogP contribution in [-0.4, -0.2) is 38.4 Å². The SMILES string of the molecule is C[C@H](N)[C@@H](O)c1cccc(O)c1.O=C(O)/C=C/C(=O)O. The summed E-state index contributed by atoms with van der Waals surface area (Å²) in [6.45, 7) is 1.72. The summed E-state index contributed by atoms with van der Waals surface area (Å²) in [5.41, 5.74) is 6.13. The molecule has 0 spiro atoms. The highest BCUT2D eigenvalue weighted by Crippen LogP contribution is 2.19. The van der Waals surface area contributed by atoms with Crippen molar-refractivity contribution in [1.29, 1.82) is 0 Å². The van der Waals surface area contributed by atoms with Gasteiger partial charge in [0.1, 0.15) is 5.75 Å². The van der Waals surface area contributed by atoms with E-state index in [0.717, 1.165) is 0 Å². The van der Waals surface area contributed by atoms with E-state index in [-0.39, 0.29) is 11.8 Å². The van der Waals surface area contributed by atoms with Crippen molar-refractivity contribution in [2.24, 2.45) is 5.73 Å². The van der Waals surface area contributed by atoms with Gasteiger partial charge in [-0.25, -0.2) is 9.59 Å². The number of aromatic hydroxyl groups is 1. The van der Waals surface area contributed by atoms with Gasteiger partial charge in [-0.15, -0.1) is 0 Å². The fraction of sp³-hybridized carbons (Fsp3) is 0.231. The predicted octanol–water partition coefficient (Wildman–Crippen LogP) is 0.485. The van der Waals surface area contributed by atoms with Crippen LogP contribution in [0, 0.1) is 0 Å². The molecule has 0 fully saturated rings. The van der Waals surface area contributed by atoms with Crippen molar-refractivity contribution < 1.29 is 30.0 Å². The Kier molecular flexibility index (Phi) is 7.64. The summed E-state index contributed by atoms with van der Waals surface area (Å²) in [5, 5.41) is 34.2. The Balaban J connectivity index is 0.000000396. The molecule has 0 aliphatic rings. The number of carbonyl (C=O) groups is 2. The summed E-state index contributed by atoms with van der Waals surface area (Å²) in [6, 6.07) is 6.14. The topological polar surface area (TPSA) is 141 Å². The van der Waals surface area contributed by atoms with E-state index in [2.05, 4.69) is 0 Å². The minimum atomic E-state index is -1.26. The monoisotopic (exact) mass is 283 g/mol. The van der Waals surface area contributed by atoms with E-state index in [4.69, 9.17) is 21.1 Å². The van der Waals surface area contributed by atoms with Crippen LogP contribution in [0.4, 0.5) is 0 Å². The number of aliphatic carboxylic acids is 2. The first-order valence-electron chi connectivity index (χ1n) is 5.60. The van der Waals surface area contributed by atoms with Gasteiger partial charge in [-0.2, -0.15) is 0 Å². The number of carboxylic acid groups (broad SMARTS) is 2. The molecule has 7 heteroatoms. The maximum atomic E-state index is 9.55. The van der Waals surface area contributed by atoms with Crippen molar-refractivity contribution >= 4 is 11.9 Å². The number of phenols is 1. The second kappa shape index (κ2) is 8.68. The molecule has 20 heavy (non-hydrogen) atoms. The minimum absolute atomic E-state index is 0.146. The zero-order valence-electron chi connectivity index (χ0n) is 10.8. The van der Waals surface area contributed by atoms with Crippen molar-refractivity contribution in [1.82, 2.24) is 0 Å². The van der Waals surface area contributed by atoms with Gasteiger partial charge in [0.15, 0.2) is 0 Å². The molecule has 2 atom stereocenters. The van der Waals surface area contributed by atoms with Gasteiger partial charge in [-0.05, 0) is 24.6 Å². The Labute approximate surface area is 115 Å². The lowest BCUT2D eigenvalue weighted by Gasteiger charge is -2.14. The maximum Gasteiger partial charge on any atom is 0.328 e. The molecule has 0 saturated heterocycles. The van der Waals surface area contributed by atoms with E-state index in [1.807, 2.05) is 0 Å². The quantitative estimate of drug-likeness (QED) is 0.506. The molecule has 0 unspecified atom stereocenters. The van der Waals surface area contributed by atoms with Crippen LogP contribution >= 0.6 is 0 Å². The molecule has 110 valence electrons. The summed E-state index contributed by atoms with van der Waals surface area (Å²) < 4.78 is 0. The average Bonchev–Trinajstić information content (AvgIpc) is 2.36. The number of hydrogen-bond donors (Lipinski definition) is 5. The van der Waals surface area contributed by atoms with E-state index in [1.165, 1.54) is 6.07 Å². The third-order valence-corrected chi connectivity index (χ3v) is 2.08. The second-order valence-electron chi connectivity index (χ2n) is 3.91. The Morgan fingerprint density at radius 2 is 1.70 bits per heavy atom. The van der Waals surface area contributed by atoms with E-state index in [0.29, 0.717) is 17.7 Å². The van der Waals surface area contributed by atoms with E-state index in [1.54, 1.807) is 25.1 Å². The van der Waals surface area contributed by atoms with Gasteiger partial charge in [0.05, 0.1) is 6.10 Å². The Morgan fingerprint density at radius 3 is 2.05 bits per heavy atom. The third-order valence-electron chi connectivity index (χ3n) is 2.08. The number of aliphatic hydroxyl groups is 1. The normalized spacial score (nSPS) is 13.2. The molecule has 0 aromatic heterocycles. The molecule has 1 aromatic carbocycles. The fourth-order valence-corrected chi connectivity index (χ4v) is 1.15. The van der Waals surface area contributed by atoms with Crippen LogP contribution in [0.25, 0.3) is 0 Å². The van der Waals surface area contributed by atoms with Gasteiger partial charge in [-0.3, -0.25) is 0 Å². The highest BCUT2D eigenvalue weighted by atomic mass is 16.4. The molecule has 7 nitrogen and oxygen atoms in total. The Bertz CT molecular complexity index is 468. The van der Waals surface area contributed by atoms with Gasteiger partial charge in [0, 0.05) is 18.2 Å². The van der Waals surface area contributed by atoms with Gasteiger partial charge in [-0.1, -0.05) is 12.1 Å². The van der Waals surface area contributed by atoms with E-state index in [9.17, 15) is 14.7 Å². The zero-order chi connectivity index (χ0) is 15.7. The molecule has 0 saturated carbocycles. The van der Waals surface area contributed by atoms with Crippen molar-refractivity contribution in [3.8, 4) is 5.75 Å². The first-order chi connectivity index (χ1) is 9.23. The first kappa shape index (κ1) is 17.6. The molecule has 0 aliphatic carbocycles. The molecule has 0 radical (unpaired) electrons. The molecule has 0 heterocycles. The van der Waals surface area contributed by atoms with Crippen LogP contribution in [0.5, 0.6) is 5.75 Å². The van der Waals surface area contributed by atoms with Crippen LogP contribution in [-0.2, 0) is 9.59 Å². The van der Waals surface area contributed by atoms with Crippen LogP contribution in [0.3, 0.4) is 0 Å². The van der Waals surface area contributed by atoms with Gasteiger partial charge in [0.25, 0.3) is 0 Å². The zero-order valence-corrected chi connectivity index (χ0v) is 10.8. The molecule has 1 rings (SSSR count). The first-order valence-corrected chi connectivity index (χ1v) is 5.60. The average molecular weight is 283 g/mol. The lowest BCUT2D eigenvalue weighted by atomic mass is 10.0. The van der Waals surface area contributed by atoms with Crippen LogP contribution < -0.4 is 5.73 Å². The van der Waals surface area contributed by atoms with Crippen LogP contribution in [0.15, 0.2) is 36.4 Å². The number of nitrogens with two attached hydrogens (primary N) is 1. The number of aliphatic hydroxyl groups excluding tert-OH is 1. The Hall–Kier alpha value is -2.38. The number of rotatable bonds is 4. The van der Waals surface area contributed by atoms with E-state index < -0.39 is 18.0 Å². The van der Waals surface area contributed by atoms with Crippen molar-refractivity contribution in [2.75, 3.05) is 0 Å². The molecular formula is C13H17NO6. The summed E-state index contributed by atoms with van der Waals surface area (Å²) in [4.78, 5) is 19.1. The number of benzene rings is 1. The van der Waals surface area contributed by atoms with Crippen molar-refractivity contribution in [2.45, 2.75) is 19.1 Å². The molecule has 0 amide bonds. The van der Waals surface area contributed by atoms with Crippen LogP contribution in [0.2, 0.25) is 0 Å². The summed E-state index contributed by atoms with van der Waals surface area (Å²) in [6.07, 6.45) is 0.405. The highest BCUT2D eigenvalue weighted by Gasteiger charge is 2.11. The van der Waals surface area contributed by atoms with Gasteiger partial charge >= 0.3 is 11.9 Å². The molecule has 0 bridgehead atoms. The number of hydrogen-bond acceptors (Lipinski definition) is 5. The fourth-order valence-electron chi connectivity index (χ4n) is 1.15. The Morgan fingerprint density at radius 1 is 1.20 bits per heavy atom. The standard InChI is InChI=1S/C9H13NO2.C4H4O4/c1-6(10)9(12)7-3-2-4-8(11)5-7;5-3(6)1-2-4(7)8/h2-6,9,11-12H,10H2,1H3;1-2H,(H,5,6)(H,7,8)/b;2-1+/t6-,9+;/m0./s1. The summed E-state index contributed by atoms with van der Waals surface area (Å²) in [5.74, 6) is -2.37. The molecule has 6 N–H and O–H groups in total. The lowest BCUT2D eigenvalue weighted by Crippen LogP contribution is -2.24. The minimum Gasteiger partial charge on any atom is -0.508 e. The van der Waals surface area contributed by atoms with E-state index >= 15 is 0 Å². The second-order valence-corrected chi connectivity index (χ2v) is 3.91. The van der Waals surface area contributed by atoms with Crippen LogP contribution in [0.1, 0.15) is 18.6 Å².